The molecule has 3 heteroatoms. The van der Waals surface area contributed by atoms with Crippen molar-refractivity contribution in [1.82, 2.24) is 0 Å². The highest BCUT2D eigenvalue weighted by molar-refractivity contribution is 5.78. The molecule has 0 amide bonds. The third-order valence-corrected chi connectivity index (χ3v) is 2.51. The Morgan fingerprint density at radius 2 is 1.50 bits per heavy atom. The van der Waals surface area contributed by atoms with E-state index in [0.717, 1.165) is 5.56 Å². The van der Waals surface area contributed by atoms with Crippen LogP contribution in [0.15, 0.2) is 60.7 Å². The zero-order valence-corrected chi connectivity index (χ0v) is 10.1. The number of ether oxygens (including phenoxy) is 2. The second kappa shape index (κ2) is 5.98. The molecule has 0 spiro atoms. The number of hydrogen-bond donors (Lipinski definition) is 0. The lowest BCUT2D eigenvalue weighted by atomic mass is 10.1. The minimum atomic E-state index is -0.702. The molecule has 0 N–H and O–H groups in total. The molecule has 0 bridgehead atoms. The van der Waals surface area contributed by atoms with Gasteiger partial charge in [0, 0.05) is 7.11 Å². The van der Waals surface area contributed by atoms with Gasteiger partial charge in [0.25, 0.3) is 0 Å². The minimum Gasteiger partial charge on any atom is -0.424 e. The van der Waals surface area contributed by atoms with Gasteiger partial charge in [-0.15, -0.1) is 0 Å². The fraction of sp³-hybridized carbons (Fsp3) is 0.133. The summed E-state index contributed by atoms with van der Waals surface area (Å²) in [4.78, 5) is 12.0. The van der Waals surface area contributed by atoms with E-state index in [1.165, 1.54) is 7.11 Å². The van der Waals surface area contributed by atoms with E-state index < -0.39 is 12.1 Å². The fourth-order valence-corrected chi connectivity index (χ4v) is 1.65. The summed E-state index contributed by atoms with van der Waals surface area (Å²) in [6.45, 7) is 0. The SMILES string of the molecule is COC(C(=O)Oc1ccccc1)c1ccccc1. The maximum absolute atomic E-state index is 12.0. The van der Waals surface area contributed by atoms with Gasteiger partial charge in [-0.1, -0.05) is 48.5 Å². The monoisotopic (exact) mass is 242 g/mol. The topological polar surface area (TPSA) is 35.5 Å². The van der Waals surface area contributed by atoms with Crippen LogP contribution in [-0.4, -0.2) is 13.1 Å². The summed E-state index contributed by atoms with van der Waals surface area (Å²) in [5.74, 6) is 0.0929. The van der Waals surface area contributed by atoms with E-state index in [4.69, 9.17) is 9.47 Å². The Hall–Kier alpha value is -2.13. The number of rotatable bonds is 4. The van der Waals surface area contributed by atoms with E-state index in [-0.39, 0.29) is 0 Å². The van der Waals surface area contributed by atoms with Crippen LogP contribution in [0.2, 0.25) is 0 Å². The van der Waals surface area contributed by atoms with Gasteiger partial charge in [-0.2, -0.15) is 0 Å². The normalized spacial score (nSPS) is 11.8. The van der Waals surface area contributed by atoms with Gasteiger partial charge in [0.2, 0.25) is 0 Å². The zero-order chi connectivity index (χ0) is 12.8. The summed E-state index contributed by atoms with van der Waals surface area (Å²) in [5.41, 5.74) is 0.779. The molecular weight excluding hydrogens is 228 g/mol. The van der Waals surface area contributed by atoms with Crippen LogP contribution in [0.5, 0.6) is 5.75 Å². The first-order chi connectivity index (χ1) is 8.81. The second-order valence-corrected chi connectivity index (χ2v) is 3.76. The van der Waals surface area contributed by atoms with E-state index in [1.54, 1.807) is 12.1 Å². The van der Waals surface area contributed by atoms with Crippen LogP contribution in [0, 0.1) is 0 Å². The Balaban J connectivity index is 2.12. The van der Waals surface area contributed by atoms with Gasteiger partial charge in [-0.05, 0) is 17.7 Å². The maximum atomic E-state index is 12.0. The smallest absolute Gasteiger partial charge is 0.345 e. The van der Waals surface area contributed by atoms with Crippen LogP contribution in [0.1, 0.15) is 11.7 Å². The lowest BCUT2D eigenvalue weighted by Crippen LogP contribution is -2.20. The maximum Gasteiger partial charge on any atom is 0.345 e. The van der Waals surface area contributed by atoms with Crippen LogP contribution >= 0.6 is 0 Å². The zero-order valence-electron chi connectivity index (χ0n) is 10.1. The summed E-state index contributed by atoms with van der Waals surface area (Å²) >= 11 is 0. The number of para-hydroxylation sites is 1. The molecule has 3 nitrogen and oxygen atoms in total. The molecule has 1 unspecified atom stereocenters. The van der Waals surface area contributed by atoms with Gasteiger partial charge in [-0.25, -0.2) is 4.79 Å². The molecule has 0 radical (unpaired) electrons. The molecule has 0 aromatic heterocycles. The molecule has 2 aromatic carbocycles. The number of carbonyl (C=O) groups excluding carboxylic acids is 1. The van der Waals surface area contributed by atoms with Crippen molar-refractivity contribution in [2.45, 2.75) is 6.10 Å². The number of benzene rings is 2. The average molecular weight is 242 g/mol. The standard InChI is InChI=1S/C15H14O3/c1-17-14(12-8-4-2-5-9-12)15(16)18-13-10-6-3-7-11-13/h2-11,14H,1H3. The summed E-state index contributed by atoms with van der Waals surface area (Å²) < 4.78 is 10.5. The Morgan fingerprint density at radius 1 is 0.944 bits per heavy atom. The van der Waals surface area contributed by atoms with E-state index in [2.05, 4.69) is 0 Å². The van der Waals surface area contributed by atoms with Crippen LogP contribution in [-0.2, 0) is 9.53 Å². The van der Waals surface area contributed by atoms with Crippen LogP contribution < -0.4 is 4.74 Å². The van der Waals surface area contributed by atoms with Crippen LogP contribution in [0.4, 0.5) is 0 Å². The van der Waals surface area contributed by atoms with Crippen molar-refractivity contribution in [3.05, 3.63) is 66.2 Å². The Labute approximate surface area is 106 Å². The Morgan fingerprint density at radius 3 is 2.06 bits per heavy atom. The molecule has 0 heterocycles. The van der Waals surface area contributed by atoms with Crippen LogP contribution in [0.25, 0.3) is 0 Å². The van der Waals surface area contributed by atoms with Crippen molar-refractivity contribution in [1.29, 1.82) is 0 Å². The van der Waals surface area contributed by atoms with Crippen molar-refractivity contribution in [3.8, 4) is 5.75 Å². The van der Waals surface area contributed by atoms with Crippen molar-refractivity contribution in [3.63, 3.8) is 0 Å². The van der Waals surface area contributed by atoms with Crippen molar-refractivity contribution in [2.75, 3.05) is 7.11 Å². The molecule has 0 saturated heterocycles. The summed E-state index contributed by atoms with van der Waals surface area (Å²) in [7, 11) is 1.49. The fourth-order valence-electron chi connectivity index (χ4n) is 1.65. The highest BCUT2D eigenvalue weighted by atomic mass is 16.6. The van der Waals surface area contributed by atoms with E-state index >= 15 is 0 Å². The third kappa shape index (κ3) is 2.96. The third-order valence-electron chi connectivity index (χ3n) is 2.51. The van der Waals surface area contributed by atoms with Gasteiger partial charge in [0.05, 0.1) is 0 Å². The molecule has 0 fully saturated rings. The molecule has 2 rings (SSSR count). The Kier molecular flexibility index (Phi) is 4.10. The predicted molar refractivity (Wildman–Crippen MR) is 68.3 cm³/mol. The quantitative estimate of drug-likeness (QED) is 0.610. The summed E-state index contributed by atoms with van der Waals surface area (Å²) in [6, 6.07) is 18.2. The Bertz CT molecular complexity index is 494. The second-order valence-electron chi connectivity index (χ2n) is 3.76. The number of hydrogen-bond acceptors (Lipinski definition) is 3. The van der Waals surface area contributed by atoms with Gasteiger partial charge < -0.3 is 9.47 Å². The largest absolute Gasteiger partial charge is 0.424 e. The molecule has 92 valence electrons. The molecule has 0 saturated carbocycles. The molecule has 1 atom stereocenters. The van der Waals surface area contributed by atoms with Gasteiger partial charge in [-0.3, -0.25) is 0 Å². The van der Waals surface area contributed by atoms with E-state index in [1.807, 2.05) is 48.5 Å². The van der Waals surface area contributed by atoms with Crippen LogP contribution in [0.3, 0.4) is 0 Å². The highest BCUT2D eigenvalue weighted by Crippen LogP contribution is 2.19. The molecule has 0 aliphatic carbocycles. The van der Waals surface area contributed by atoms with Crippen molar-refractivity contribution in [2.24, 2.45) is 0 Å². The van der Waals surface area contributed by atoms with Crippen molar-refractivity contribution >= 4 is 5.97 Å². The molecule has 0 aliphatic rings. The first kappa shape index (κ1) is 12.3. The number of carbonyl (C=O) groups is 1. The minimum absolute atomic E-state index is 0.421. The average Bonchev–Trinajstić information content (AvgIpc) is 2.42. The lowest BCUT2D eigenvalue weighted by Gasteiger charge is -2.14. The van der Waals surface area contributed by atoms with E-state index in [0.29, 0.717) is 5.75 Å². The molecule has 0 aliphatic heterocycles. The number of methoxy groups -OCH3 is 1. The first-order valence-corrected chi connectivity index (χ1v) is 5.66. The van der Waals surface area contributed by atoms with Gasteiger partial charge in [0.1, 0.15) is 5.75 Å². The summed E-state index contributed by atoms with van der Waals surface area (Å²) in [5, 5.41) is 0. The van der Waals surface area contributed by atoms with Gasteiger partial charge >= 0.3 is 5.97 Å². The van der Waals surface area contributed by atoms with Gasteiger partial charge in [0.15, 0.2) is 6.10 Å². The highest BCUT2D eigenvalue weighted by Gasteiger charge is 2.21. The lowest BCUT2D eigenvalue weighted by molar-refractivity contribution is -0.146. The molecule has 2 aromatic rings. The number of esters is 1. The molecular formula is C15H14O3. The van der Waals surface area contributed by atoms with Crippen molar-refractivity contribution < 1.29 is 14.3 Å². The first-order valence-electron chi connectivity index (χ1n) is 5.66. The molecule has 18 heavy (non-hydrogen) atoms. The predicted octanol–water partition coefficient (Wildman–Crippen LogP) is 2.98. The van der Waals surface area contributed by atoms with E-state index in [9.17, 15) is 4.79 Å². The summed E-state index contributed by atoms with van der Waals surface area (Å²) in [6.07, 6.45) is -0.702.